The summed E-state index contributed by atoms with van der Waals surface area (Å²) in [6, 6.07) is 2.03. The van der Waals surface area contributed by atoms with Crippen LogP contribution in [-0.2, 0) is 0 Å². The summed E-state index contributed by atoms with van der Waals surface area (Å²) in [4.78, 5) is 12.1. The zero-order valence-electron chi connectivity index (χ0n) is 11.3. The molecule has 5 heteroatoms. The van der Waals surface area contributed by atoms with E-state index in [-0.39, 0.29) is 24.0 Å². The average molecular weight is 317 g/mol. The van der Waals surface area contributed by atoms with Gasteiger partial charge in [-0.2, -0.15) is 0 Å². The van der Waals surface area contributed by atoms with Gasteiger partial charge in [0, 0.05) is 35.3 Å². The van der Waals surface area contributed by atoms with Gasteiger partial charge in [0.1, 0.15) is 5.69 Å². The Morgan fingerprint density at radius 3 is 2.67 bits per heavy atom. The molecule has 0 saturated heterocycles. The Hall–Kier alpha value is -0.810. The molecule has 1 aromatic heterocycles. The van der Waals surface area contributed by atoms with Crippen molar-refractivity contribution in [2.75, 3.05) is 13.2 Å². The van der Waals surface area contributed by atoms with E-state index in [9.17, 15) is 4.79 Å². The fraction of sp³-hybridized carbons (Fsp3) is 0.615. The molecule has 102 valence electrons. The van der Waals surface area contributed by atoms with E-state index in [0.717, 1.165) is 4.47 Å². The molecule has 0 radical (unpaired) electrons. The second kappa shape index (κ2) is 5.89. The number of rotatable bonds is 5. The van der Waals surface area contributed by atoms with Gasteiger partial charge < -0.3 is 15.0 Å². The second-order valence-electron chi connectivity index (χ2n) is 5.55. The summed E-state index contributed by atoms with van der Waals surface area (Å²) in [6.45, 7) is 8.36. The third kappa shape index (κ3) is 3.85. The Kier molecular flexibility index (Phi) is 4.99. The van der Waals surface area contributed by atoms with Gasteiger partial charge in [0.2, 0.25) is 0 Å². The first-order valence-electron chi connectivity index (χ1n) is 6.03. The summed E-state index contributed by atoms with van der Waals surface area (Å²) in [6.07, 6.45) is 1.90. The molecule has 4 nitrogen and oxygen atoms in total. The first kappa shape index (κ1) is 15.2. The van der Waals surface area contributed by atoms with Crippen LogP contribution in [0.3, 0.4) is 0 Å². The number of carbonyl (C=O) groups excluding carboxylic acids is 1. The average Bonchev–Trinajstić information content (AvgIpc) is 2.68. The number of carbonyl (C=O) groups is 1. The van der Waals surface area contributed by atoms with Gasteiger partial charge in [0.25, 0.3) is 5.91 Å². The summed E-state index contributed by atoms with van der Waals surface area (Å²) in [5.41, 5.74) is 0.327. The normalized spacial score (nSPS) is 11.9. The monoisotopic (exact) mass is 316 g/mol. The quantitative estimate of drug-likeness (QED) is 0.877. The smallest absolute Gasteiger partial charge is 0.267 e. The lowest BCUT2D eigenvalue weighted by atomic mass is 9.95. The van der Waals surface area contributed by atoms with Gasteiger partial charge in [-0.05, 0) is 35.8 Å². The van der Waals surface area contributed by atoms with E-state index in [1.807, 2.05) is 38.5 Å². The van der Waals surface area contributed by atoms with E-state index < -0.39 is 0 Å². The fourth-order valence-corrected chi connectivity index (χ4v) is 1.96. The lowest BCUT2D eigenvalue weighted by molar-refractivity contribution is 0.0900. The molecule has 0 aliphatic rings. The van der Waals surface area contributed by atoms with Crippen molar-refractivity contribution >= 4 is 21.8 Å². The summed E-state index contributed by atoms with van der Waals surface area (Å²) >= 11 is 3.38. The standard InChI is InChI=1S/C13H21BrN2O2/c1-9(2)16-6-10(14)5-11(16)12(18)15-7-13(3,4)8-17/h5-6,9,17H,7-8H2,1-4H3,(H,15,18). The van der Waals surface area contributed by atoms with Crippen LogP contribution in [0.25, 0.3) is 0 Å². The molecule has 1 rings (SSSR count). The summed E-state index contributed by atoms with van der Waals surface area (Å²) in [5.74, 6) is -0.115. The fourth-order valence-electron chi connectivity index (χ4n) is 1.52. The number of aliphatic hydroxyl groups excluding tert-OH is 1. The van der Waals surface area contributed by atoms with Crippen molar-refractivity contribution < 1.29 is 9.90 Å². The van der Waals surface area contributed by atoms with Crippen LogP contribution in [0.1, 0.15) is 44.2 Å². The molecule has 18 heavy (non-hydrogen) atoms. The zero-order valence-corrected chi connectivity index (χ0v) is 12.9. The summed E-state index contributed by atoms with van der Waals surface area (Å²) in [5, 5.41) is 12.0. The highest BCUT2D eigenvalue weighted by Gasteiger charge is 2.20. The lowest BCUT2D eigenvalue weighted by Gasteiger charge is -2.22. The SMILES string of the molecule is CC(C)n1cc(Br)cc1C(=O)NCC(C)(C)CO. The zero-order chi connectivity index (χ0) is 13.9. The Morgan fingerprint density at radius 1 is 1.56 bits per heavy atom. The first-order chi connectivity index (χ1) is 8.26. The second-order valence-corrected chi connectivity index (χ2v) is 6.47. The molecule has 0 fully saturated rings. The highest BCUT2D eigenvalue weighted by molar-refractivity contribution is 9.10. The summed E-state index contributed by atoms with van der Waals surface area (Å²) < 4.78 is 2.81. The van der Waals surface area contributed by atoms with E-state index in [4.69, 9.17) is 5.11 Å². The Balaban J connectivity index is 2.79. The maximum atomic E-state index is 12.1. The number of hydrogen-bond acceptors (Lipinski definition) is 2. The Morgan fingerprint density at radius 2 is 2.17 bits per heavy atom. The molecule has 0 unspecified atom stereocenters. The molecule has 0 aromatic carbocycles. The third-order valence-electron chi connectivity index (χ3n) is 2.76. The van der Waals surface area contributed by atoms with E-state index in [1.54, 1.807) is 6.07 Å². The van der Waals surface area contributed by atoms with E-state index in [1.165, 1.54) is 0 Å². The number of amides is 1. The van der Waals surface area contributed by atoms with Gasteiger partial charge in [0.15, 0.2) is 0 Å². The minimum absolute atomic E-state index is 0.0438. The molecule has 0 aliphatic carbocycles. The maximum Gasteiger partial charge on any atom is 0.267 e. The van der Waals surface area contributed by atoms with Crippen molar-refractivity contribution in [3.63, 3.8) is 0 Å². The molecule has 0 aliphatic heterocycles. The highest BCUT2D eigenvalue weighted by Crippen LogP contribution is 2.20. The predicted octanol–water partition coefficient (Wildman–Crippen LogP) is 2.58. The first-order valence-corrected chi connectivity index (χ1v) is 6.82. The summed E-state index contributed by atoms with van der Waals surface area (Å²) in [7, 11) is 0. The molecule has 1 aromatic rings. The predicted molar refractivity (Wildman–Crippen MR) is 75.7 cm³/mol. The van der Waals surface area contributed by atoms with Crippen molar-refractivity contribution in [2.24, 2.45) is 5.41 Å². The lowest BCUT2D eigenvalue weighted by Crippen LogP contribution is -2.36. The van der Waals surface area contributed by atoms with Gasteiger partial charge in [-0.1, -0.05) is 13.8 Å². The van der Waals surface area contributed by atoms with E-state index in [2.05, 4.69) is 21.2 Å². The third-order valence-corrected chi connectivity index (χ3v) is 3.19. The van der Waals surface area contributed by atoms with Crippen LogP contribution in [0, 0.1) is 5.41 Å². The highest BCUT2D eigenvalue weighted by atomic mass is 79.9. The molecule has 0 spiro atoms. The van der Waals surface area contributed by atoms with Crippen molar-refractivity contribution in [1.29, 1.82) is 0 Å². The minimum Gasteiger partial charge on any atom is -0.396 e. The largest absolute Gasteiger partial charge is 0.396 e. The van der Waals surface area contributed by atoms with Gasteiger partial charge in [-0.25, -0.2) is 0 Å². The molecule has 0 saturated carbocycles. The van der Waals surface area contributed by atoms with Crippen molar-refractivity contribution in [3.05, 3.63) is 22.4 Å². The molecule has 0 atom stereocenters. The Bertz CT molecular complexity index is 425. The Labute approximate surface area is 117 Å². The van der Waals surface area contributed by atoms with Gasteiger partial charge in [-0.3, -0.25) is 4.79 Å². The van der Waals surface area contributed by atoms with Crippen molar-refractivity contribution in [1.82, 2.24) is 9.88 Å². The minimum atomic E-state index is -0.303. The molecule has 1 heterocycles. The van der Waals surface area contributed by atoms with Crippen LogP contribution in [0.4, 0.5) is 0 Å². The van der Waals surface area contributed by atoms with E-state index in [0.29, 0.717) is 12.2 Å². The number of hydrogen-bond donors (Lipinski definition) is 2. The van der Waals surface area contributed by atoms with Crippen LogP contribution in [0.2, 0.25) is 0 Å². The van der Waals surface area contributed by atoms with Gasteiger partial charge in [-0.15, -0.1) is 0 Å². The van der Waals surface area contributed by atoms with Crippen LogP contribution in [-0.4, -0.2) is 28.7 Å². The van der Waals surface area contributed by atoms with Crippen LogP contribution < -0.4 is 5.32 Å². The number of aliphatic hydroxyl groups is 1. The molecular weight excluding hydrogens is 296 g/mol. The van der Waals surface area contributed by atoms with Crippen LogP contribution >= 0.6 is 15.9 Å². The van der Waals surface area contributed by atoms with Crippen LogP contribution in [0.15, 0.2) is 16.7 Å². The van der Waals surface area contributed by atoms with Crippen molar-refractivity contribution in [3.8, 4) is 0 Å². The number of aromatic nitrogens is 1. The molecule has 0 bridgehead atoms. The number of halogens is 1. The number of nitrogens with one attached hydrogen (secondary N) is 1. The van der Waals surface area contributed by atoms with Gasteiger partial charge in [0.05, 0.1) is 0 Å². The van der Waals surface area contributed by atoms with Crippen molar-refractivity contribution in [2.45, 2.75) is 33.7 Å². The number of nitrogens with zero attached hydrogens (tertiary/aromatic N) is 1. The van der Waals surface area contributed by atoms with E-state index >= 15 is 0 Å². The molecular formula is C13H21BrN2O2. The molecule has 2 N–H and O–H groups in total. The van der Waals surface area contributed by atoms with Gasteiger partial charge >= 0.3 is 0 Å². The maximum absolute atomic E-state index is 12.1. The molecule has 1 amide bonds. The topological polar surface area (TPSA) is 54.3 Å². The van der Waals surface area contributed by atoms with Crippen LogP contribution in [0.5, 0.6) is 0 Å².